The highest BCUT2D eigenvalue weighted by Crippen LogP contribution is 2.44. The van der Waals surface area contributed by atoms with Gasteiger partial charge in [0.25, 0.3) is 0 Å². The number of rotatable bonds is 18. The first-order valence-corrected chi connectivity index (χ1v) is 36.8. The maximum Gasteiger partial charge on any atom is 0.165 e. The Labute approximate surface area is 654 Å². The van der Waals surface area contributed by atoms with Gasteiger partial charge in [0, 0.05) is 160 Å². The molecule has 534 valence electrons. The van der Waals surface area contributed by atoms with Crippen molar-refractivity contribution < 1.29 is 0 Å². The molecule has 18 nitrogen and oxygen atoms in total. The van der Waals surface area contributed by atoms with Crippen LogP contribution in [0, 0.1) is 0 Å². The van der Waals surface area contributed by atoms with Crippen LogP contribution in [0.4, 0.5) is 0 Å². The Kier molecular flexibility index (Phi) is 18.5. The van der Waals surface area contributed by atoms with Gasteiger partial charge in [0.05, 0.1) is 17.1 Å². The molecule has 0 N–H and O–H groups in total. The van der Waals surface area contributed by atoms with E-state index < -0.39 is 0 Å². The highest BCUT2D eigenvalue weighted by Gasteiger charge is 2.21. The molecule has 19 aromatic rings. The summed E-state index contributed by atoms with van der Waals surface area (Å²) >= 11 is 0. The standard InChI is InChI=1S/C96H60N18/c1-4-22-82(79(19-1)61-25-31-64(32-26-61)85-40-37-73(58-103-85)94-109-88(67-13-7-43-97-52-67)106-89(110-94)68-14-8-44-98-53-68)76-49-77(83-23-5-2-20-80(83)62-27-33-65(34-28-62)86-41-38-74(59-104-86)95-111-90(69-15-9-45-99-54-69)107-91(112-95)70-16-10-46-100-55-70)51-78(50-76)84-24-6-3-21-81(84)63-29-35-66(36-30-63)87-42-39-75(60-105-87)96-113-92(71-17-11-47-101-56-71)108-93(114-96)72-18-12-48-102-57-72/h1-60H. The van der Waals surface area contributed by atoms with Crippen LogP contribution in [-0.4, -0.2) is 89.7 Å². The van der Waals surface area contributed by atoms with Gasteiger partial charge in [-0.25, -0.2) is 44.9 Å². The van der Waals surface area contributed by atoms with Crippen LogP contribution in [0.2, 0.25) is 0 Å². The van der Waals surface area contributed by atoms with E-state index in [0.29, 0.717) is 52.4 Å². The summed E-state index contributed by atoms with van der Waals surface area (Å²) in [5.41, 5.74) is 24.9. The Morgan fingerprint density at radius 1 is 0.132 bits per heavy atom. The summed E-state index contributed by atoms with van der Waals surface area (Å²) in [4.78, 5) is 84.7. The Morgan fingerprint density at radius 3 is 0.482 bits per heavy atom. The van der Waals surface area contributed by atoms with Crippen LogP contribution >= 0.6 is 0 Å². The van der Waals surface area contributed by atoms with Gasteiger partial charge in [-0.15, -0.1) is 0 Å². The van der Waals surface area contributed by atoms with Gasteiger partial charge in [-0.3, -0.25) is 44.9 Å². The van der Waals surface area contributed by atoms with E-state index in [1.54, 1.807) is 74.4 Å². The first-order valence-electron chi connectivity index (χ1n) is 36.8. The summed E-state index contributed by atoms with van der Waals surface area (Å²) < 4.78 is 0. The minimum absolute atomic E-state index is 0.490. The van der Waals surface area contributed by atoms with E-state index in [4.69, 9.17) is 59.8 Å². The van der Waals surface area contributed by atoms with Crippen LogP contribution in [0.1, 0.15) is 0 Å². The van der Waals surface area contributed by atoms with E-state index in [1.165, 1.54) is 0 Å². The lowest BCUT2D eigenvalue weighted by Gasteiger charge is -2.18. The largest absolute Gasteiger partial charge is 0.264 e. The number of hydrogen-bond donors (Lipinski definition) is 0. The molecule has 0 atom stereocenters. The molecule has 0 radical (unpaired) electrons. The van der Waals surface area contributed by atoms with E-state index in [9.17, 15) is 0 Å². The molecule has 19 rings (SSSR count). The predicted octanol–water partition coefficient (Wildman–Crippen LogP) is 20.8. The molecule has 114 heavy (non-hydrogen) atoms. The number of aromatic nitrogens is 18. The topological polar surface area (TPSA) is 232 Å². The van der Waals surface area contributed by atoms with Gasteiger partial charge in [-0.05, 0) is 194 Å². The quantitative estimate of drug-likeness (QED) is 0.0777. The number of hydrogen-bond acceptors (Lipinski definition) is 18. The van der Waals surface area contributed by atoms with Gasteiger partial charge < -0.3 is 0 Å². The summed E-state index contributed by atoms with van der Waals surface area (Å²) in [7, 11) is 0. The van der Waals surface area contributed by atoms with E-state index in [0.717, 1.165) is 151 Å². The zero-order valence-corrected chi connectivity index (χ0v) is 60.7. The number of nitrogens with zero attached hydrogens (tertiary/aromatic N) is 18. The third kappa shape index (κ3) is 14.4. The first kappa shape index (κ1) is 68.5. The summed E-state index contributed by atoms with van der Waals surface area (Å²) in [6.07, 6.45) is 26.3. The molecular formula is C96H60N18. The van der Waals surface area contributed by atoms with E-state index in [2.05, 4.69) is 194 Å². The van der Waals surface area contributed by atoms with Crippen molar-refractivity contribution in [2.45, 2.75) is 0 Å². The lowest BCUT2D eigenvalue weighted by molar-refractivity contribution is 1.06. The van der Waals surface area contributed by atoms with E-state index in [-0.39, 0.29) is 0 Å². The van der Waals surface area contributed by atoms with Gasteiger partial charge >= 0.3 is 0 Å². The van der Waals surface area contributed by atoms with Crippen LogP contribution < -0.4 is 0 Å². The van der Waals surface area contributed by atoms with Crippen LogP contribution in [0.15, 0.2) is 366 Å². The van der Waals surface area contributed by atoms with Gasteiger partial charge in [-0.2, -0.15) is 0 Å². The van der Waals surface area contributed by atoms with Crippen molar-refractivity contribution in [1.29, 1.82) is 0 Å². The van der Waals surface area contributed by atoms with Crippen molar-refractivity contribution in [1.82, 2.24) is 89.7 Å². The summed E-state index contributed by atoms with van der Waals surface area (Å²) in [6, 6.07) is 93.6. The van der Waals surface area contributed by atoms with Crippen LogP contribution in [0.3, 0.4) is 0 Å². The molecule has 0 spiro atoms. The SMILES string of the molecule is c1cncc(-c2nc(-c3cccnc3)nc(-c3ccc(-c4ccc(-c5ccccc5-c5cc(-c6ccccc6-c6ccc(-c7ccc(-c8nc(-c9cccnc9)nc(-c9cccnc9)n8)cn7)cc6)cc(-c6ccccc6-c6ccc(-c7ccc(-c8nc(-c9cccnc9)nc(-c9cccnc9)n8)cn7)cc6)c5)cc4)nc3)n2)c1. The van der Waals surface area contributed by atoms with Crippen molar-refractivity contribution in [3.05, 3.63) is 366 Å². The van der Waals surface area contributed by atoms with Gasteiger partial charge in [0.2, 0.25) is 0 Å². The fraction of sp³-hybridized carbons (Fsp3) is 0. The van der Waals surface area contributed by atoms with Crippen LogP contribution in [-0.2, 0) is 0 Å². The zero-order valence-electron chi connectivity index (χ0n) is 60.7. The second kappa shape index (κ2) is 30.9. The van der Waals surface area contributed by atoms with Gasteiger partial charge in [0.15, 0.2) is 52.4 Å². The Bertz CT molecular complexity index is 5810. The Balaban J connectivity index is 0.654. The Hall–Kier alpha value is -16.1. The molecule has 0 amide bonds. The van der Waals surface area contributed by atoms with Crippen LogP contribution in [0.25, 0.3) is 203 Å². The van der Waals surface area contributed by atoms with Crippen molar-refractivity contribution in [2.75, 3.05) is 0 Å². The lowest BCUT2D eigenvalue weighted by Crippen LogP contribution is -2.00. The van der Waals surface area contributed by atoms with Crippen molar-refractivity contribution in [3.63, 3.8) is 0 Å². The van der Waals surface area contributed by atoms with Crippen LogP contribution in [0.5, 0.6) is 0 Å². The van der Waals surface area contributed by atoms with Crippen molar-refractivity contribution in [3.8, 4) is 203 Å². The molecule has 12 aromatic heterocycles. The molecule has 0 fully saturated rings. The van der Waals surface area contributed by atoms with Crippen molar-refractivity contribution >= 4 is 0 Å². The molecule has 7 aromatic carbocycles. The molecule has 0 saturated carbocycles. The minimum Gasteiger partial charge on any atom is -0.264 e. The molecule has 0 saturated heterocycles. The molecule has 0 aliphatic carbocycles. The monoisotopic (exact) mass is 1460 g/mol. The summed E-state index contributed by atoms with van der Waals surface area (Å²) in [6.45, 7) is 0. The van der Waals surface area contributed by atoms with Crippen molar-refractivity contribution in [2.24, 2.45) is 0 Å². The van der Waals surface area contributed by atoms with Gasteiger partial charge in [-0.1, -0.05) is 146 Å². The zero-order chi connectivity index (χ0) is 75.9. The highest BCUT2D eigenvalue weighted by molar-refractivity contribution is 5.95. The second-order valence-electron chi connectivity index (χ2n) is 26.8. The first-order chi connectivity index (χ1) is 56.4. The summed E-state index contributed by atoms with van der Waals surface area (Å²) in [5.74, 6) is 4.50. The number of benzene rings is 7. The van der Waals surface area contributed by atoms with E-state index in [1.807, 2.05) is 128 Å². The molecule has 0 aliphatic heterocycles. The molecule has 12 heterocycles. The third-order valence-electron chi connectivity index (χ3n) is 19.6. The smallest absolute Gasteiger partial charge is 0.165 e. The fourth-order valence-electron chi connectivity index (χ4n) is 13.9. The molecular weight excluding hydrogens is 1410 g/mol. The minimum atomic E-state index is 0.490. The predicted molar refractivity (Wildman–Crippen MR) is 445 cm³/mol. The normalized spacial score (nSPS) is 11.2. The summed E-state index contributed by atoms with van der Waals surface area (Å²) in [5, 5.41) is 0. The second-order valence-corrected chi connectivity index (χ2v) is 26.8. The fourth-order valence-corrected chi connectivity index (χ4v) is 13.9. The molecule has 18 heteroatoms. The average Bonchev–Trinajstić information content (AvgIpc) is 0.767. The van der Waals surface area contributed by atoms with Gasteiger partial charge in [0.1, 0.15) is 0 Å². The lowest BCUT2D eigenvalue weighted by atomic mass is 9.86. The molecule has 0 aliphatic rings. The maximum absolute atomic E-state index is 4.99. The number of pyridine rings is 9. The van der Waals surface area contributed by atoms with E-state index >= 15 is 0 Å². The average molecular weight is 1470 g/mol. The highest BCUT2D eigenvalue weighted by atomic mass is 15.1. The Morgan fingerprint density at radius 2 is 0.307 bits per heavy atom. The molecule has 0 unspecified atom stereocenters. The maximum atomic E-state index is 4.99. The molecule has 0 bridgehead atoms. The third-order valence-corrected chi connectivity index (χ3v) is 19.6.